The summed E-state index contributed by atoms with van der Waals surface area (Å²) in [6.45, 7) is 2.47. The summed E-state index contributed by atoms with van der Waals surface area (Å²) in [7, 11) is 0. The van der Waals surface area contributed by atoms with E-state index in [1.165, 1.54) is 24.3 Å². The molecule has 2 aromatic rings. The average molecular weight is 417 g/mol. The topological polar surface area (TPSA) is 40.6 Å². The Morgan fingerprint density at radius 2 is 1.50 bits per heavy atom. The van der Waals surface area contributed by atoms with Gasteiger partial charge in [0.2, 0.25) is 5.91 Å². The first kappa shape index (κ1) is 18.3. The van der Waals surface area contributed by atoms with Gasteiger partial charge in [-0.1, -0.05) is 15.9 Å². The van der Waals surface area contributed by atoms with Crippen molar-refractivity contribution in [2.75, 3.05) is 31.1 Å². The van der Waals surface area contributed by atoms with E-state index in [-0.39, 0.29) is 17.5 Å². The standard InChI is InChI=1S/C20H18BrFN2O2/c21-16-3-1-15(2-4-16)19(25)9-10-20(26)24-13-11-23(12-14-24)18-7-5-17(22)6-8-18/h1-10H,11-14H2/b10-9+. The summed E-state index contributed by atoms with van der Waals surface area (Å²) >= 11 is 3.32. The van der Waals surface area contributed by atoms with Crippen molar-refractivity contribution in [3.05, 3.63) is 76.5 Å². The first-order valence-electron chi connectivity index (χ1n) is 8.30. The summed E-state index contributed by atoms with van der Waals surface area (Å²) in [6, 6.07) is 13.3. The minimum absolute atomic E-state index is 0.172. The Hall–Kier alpha value is -2.47. The van der Waals surface area contributed by atoms with Gasteiger partial charge in [-0.25, -0.2) is 4.39 Å². The molecule has 0 bridgehead atoms. The molecule has 0 atom stereocenters. The number of nitrogens with zero attached hydrogens (tertiary/aromatic N) is 2. The summed E-state index contributed by atoms with van der Waals surface area (Å²) in [4.78, 5) is 28.2. The predicted octanol–water partition coefficient (Wildman–Crippen LogP) is 3.68. The highest BCUT2D eigenvalue weighted by molar-refractivity contribution is 9.10. The zero-order valence-corrected chi connectivity index (χ0v) is 15.7. The molecule has 6 heteroatoms. The number of carbonyl (C=O) groups excluding carboxylic acids is 2. The number of hydrogen-bond acceptors (Lipinski definition) is 3. The average Bonchev–Trinajstić information content (AvgIpc) is 2.67. The maximum Gasteiger partial charge on any atom is 0.246 e. The second-order valence-corrected chi connectivity index (χ2v) is 6.91. The zero-order valence-electron chi connectivity index (χ0n) is 14.1. The van der Waals surface area contributed by atoms with Crippen molar-refractivity contribution in [3.63, 3.8) is 0 Å². The minimum Gasteiger partial charge on any atom is -0.368 e. The molecular formula is C20H18BrFN2O2. The van der Waals surface area contributed by atoms with E-state index in [9.17, 15) is 14.0 Å². The number of benzene rings is 2. The summed E-state index contributed by atoms with van der Waals surface area (Å²) in [5.41, 5.74) is 1.48. The number of anilines is 1. The van der Waals surface area contributed by atoms with Gasteiger partial charge in [-0.2, -0.15) is 0 Å². The lowest BCUT2D eigenvalue weighted by atomic mass is 10.1. The van der Waals surface area contributed by atoms with E-state index in [4.69, 9.17) is 0 Å². The number of amides is 1. The molecule has 1 saturated heterocycles. The normalized spacial score (nSPS) is 14.7. The van der Waals surface area contributed by atoms with Gasteiger partial charge in [-0.05, 0) is 54.6 Å². The highest BCUT2D eigenvalue weighted by atomic mass is 79.9. The van der Waals surface area contributed by atoms with Gasteiger partial charge >= 0.3 is 0 Å². The molecule has 134 valence electrons. The second-order valence-electron chi connectivity index (χ2n) is 5.99. The van der Waals surface area contributed by atoms with Crippen LogP contribution in [0, 0.1) is 5.82 Å². The van der Waals surface area contributed by atoms with Crippen LogP contribution >= 0.6 is 15.9 Å². The lowest BCUT2D eigenvalue weighted by Gasteiger charge is -2.35. The Bertz CT molecular complexity index is 811. The SMILES string of the molecule is O=C(/C=C/C(=O)N1CCN(c2ccc(F)cc2)CC1)c1ccc(Br)cc1. The van der Waals surface area contributed by atoms with Crippen LogP contribution in [0.5, 0.6) is 0 Å². The van der Waals surface area contributed by atoms with Crippen LogP contribution in [0.3, 0.4) is 0 Å². The van der Waals surface area contributed by atoms with Gasteiger partial charge in [0.15, 0.2) is 5.78 Å². The summed E-state index contributed by atoms with van der Waals surface area (Å²) < 4.78 is 13.9. The maximum absolute atomic E-state index is 13.0. The summed E-state index contributed by atoms with van der Waals surface area (Å²) in [5, 5.41) is 0. The van der Waals surface area contributed by atoms with Crippen LogP contribution in [0.25, 0.3) is 0 Å². The Labute approximate surface area is 160 Å². The van der Waals surface area contributed by atoms with Crippen molar-refractivity contribution < 1.29 is 14.0 Å². The van der Waals surface area contributed by atoms with Crippen molar-refractivity contribution in [2.45, 2.75) is 0 Å². The number of rotatable bonds is 4. The molecule has 2 aromatic carbocycles. The molecule has 26 heavy (non-hydrogen) atoms. The highest BCUT2D eigenvalue weighted by Crippen LogP contribution is 2.17. The van der Waals surface area contributed by atoms with Crippen LogP contribution in [0.4, 0.5) is 10.1 Å². The van der Waals surface area contributed by atoms with Crippen LogP contribution in [0.1, 0.15) is 10.4 Å². The van der Waals surface area contributed by atoms with Gasteiger partial charge in [-0.15, -0.1) is 0 Å². The number of halogens is 2. The molecule has 0 aliphatic carbocycles. The lowest BCUT2D eigenvalue weighted by molar-refractivity contribution is -0.126. The van der Waals surface area contributed by atoms with Crippen molar-refractivity contribution in [3.8, 4) is 0 Å². The van der Waals surface area contributed by atoms with Crippen LogP contribution in [0.2, 0.25) is 0 Å². The third-order valence-electron chi connectivity index (χ3n) is 4.29. The van der Waals surface area contributed by atoms with Crippen molar-refractivity contribution in [1.82, 2.24) is 4.90 Å². The fourth-order valence-electron chi connectivity index (χ4n) is 2.80. The number of piperazine rings is 1. The van der Waals surface area contributed by atoms with E-state index < -0.39 is 0 Å². The molecule has 1 amide bonds. The number of ketones is 1. The van der Waals surface area contributed by atoms with Crippen molar-refractivity contribution >= 4 is 33.3 Å². The minimum atomic E-state index is -0.261. The van der Waals surface area contributed by atoms with E-state index in [1.54, 1.807) is 41.3 Å². The molecule has 4 nitrogen and oxygen atoms in total. The first-order chi connectivity index (χ1) is 12.5. The molecule has 0 radical (unpaired) electrons. The summed E-state index contributed by atoms with van der Waals surface area (Å²) in [5.74, 6) is -0.631. The lowest BCUT2D eigenvalue weighted by Crippen LogP contribution is -2.48. The molecule has 0 saturated carbocycles. The quantitative estimate of drug-likeness (QED) is 0.563. The van der Waals surface area contributed by atoms with Gasteiger partial charge < -0.3 is 9.80 Å². The first-order valence-corrected chi connectivity index (χ1v) is 9.09. The third-order valence-corrected chi connectivity index (χ3v) is 4.82. The maximum atomic E-state index is 13.0. The van der Waals surface area contributed by atoms with Crippen LogP contribution < -0.4 is 4.90 Å². The molecule has 1 aliphatic rings. The van der Waals surface area contributed by atoms with Crippen molar-refractivity contribution in [2.24, 2.45) is 0 Å². The smallest absolute Gasteiger partial charge is 0.246 e. The molecule has 1 heterocycles. The number of allylic oxidation sites excluding steroid dienone is 1. The molecular weight excluding hydrogens is 399 g/mol. The highest BCUT2D eigenvalue weighted by Gasteiger charge is 2.20. The Kier molecular flexibility index (Phi) is 5.83. The van der Waals surface area contributed by atoms with E-state index >= 15 is 0 Å². The predicted molar refractivity (Wildman–Crippen MR) is 103 cm³/mol. The Morgan fingerprint density at radius 1 is 0.885 bits per heavy atom. The van der Waals surface area contributed by atoms with Crippen LogP contribution in [-0.2, 0) is 4.79 Å². The number of carbonyl (C=O) groups is 2. The fourth-order valence-corrected chi connectivity index (χ4v) is 3.06. The molecule has 3 rings (SSSR count). The van der Waals surface area contributed by atoms with Gasteiger partial charge in [0, 0.05) is 48.0 Å². The van der Waals surface area contributed by atoms with Crippen LogP contribution in [0.15, 0.2) is 65.2 Å². The third kappa shape index (κ3) is 4.58. The van der Waals surface area contributed by atoms with Gasteiger partial charge in [-0.3, -0.25) is 9.59 Å². The van der Waals surface area contributed by atoms with E-state index in [0.717, 1.165) is 10.2 Å². The largest absolute Gasteiger partial charge is 0.368 e. The Morgan fingerprint density at radius 3 is 2.12 bits per heavy atom. The molecule has 1 aliphatic heterocycles. The molecule has 0 unspecified atom stereocenters. The number of hydrogen-bond donors (Lipinski definition) is 0. The monoisotopic (exact) mass is 416 g/mol. The van der Waals surface area contributed by atoms with E-state index in [1.807, 2.05) is 0 Å². The second kappa shape index (κ2) is 8.27. The zero-order chi connectivity index (χ0) is 18.5. The molecule has 0 spiro atoms. The van der Waals surface area contributed by atoms with Gasteiger partial charge in [0.25, 0.3) is 0 Å². The van der Waals surface area contributed by atoms with E-state index in [0.29, 0.717) is 31.7 Å². The fraction of sp³-hybridized carbons (Fsp3) is 0.200. The van der Waals surface area contributed by atoms with Crippen molar-refractivity contribution in [1.29, 1.82) is 0 Å². The molecule has 1 fully saturated rings. The molecule has 0 aromatic heterocycles. The van der Waals surface area contributed by atoms with E-state index in [2.05, 4.69) is 20.8 Å². The van der Waals surface area contributed by atoms with Gasteiger partial charge in [0.05, 0.1) is 0 Å². The van der Waals surface area contributed by atoms with Gasteiger partial charge in [0.1, 0.15) is 5.82 Å². The molecule has 0 N–H and O–H groups in total. The van der Waals surface area contributed by atoms with Crippen LogP contribution in [-0.4, -0.2) is 42.8 Å². The summed E-state index contributed by atoms with van der Waals surface area (Å²) in [6.07, 6.45) is 2.65. The Balaban J connectivity index is 1.54.